The normalized spacial score (nSPS) is 17.7. The average Bonchev–Trinajstić information content (AvgIpc) is 2.45. The molecule has 21 heavy (non-hydrogen) atoms. The van der Waals surface area contributed by atoms with Gasteiger partial charge in [0.15, 0.2) is 9.84 Å². The molecule has 1 aromatic carbocycles. The van der Waals surface area contributed by atoms with Gasteiger partial charge in [-0.25, -0.2) is 8.42 Å². The molecule has 6 heteroatoms. The van der Waals surface area contributed by atoms with E-state index in [1.54, 1.807) is 0 Å². The van der Waals surface area contributed by atoms with Crippen LogP contribution in [-0.4, -0.2) is 39.1 Å². The van der Waals surface area contributed by atoms with Crippen LogP contribution in [0.4, 0.5) is 5.69 Å². The zero-order chi connectivity index (χ0) is 15.5. The highest BCUT2D eigenvalue weighted by Crippen LogP contribution is 2.23. The van der Waals surface area contributed by atoms with E-state index in [4.69, 9.17) is 0 Å². The third-order valence-corrected chi connectivity index (χ3v) is 5.19. The zero-order valence-corrected chi connectivity index (χ0v) is 13.3. The number of nitriles is 1. The molecule has 0 saturated carbocycles. The minimum atomic E-state index is -2.90. The van der Waals surface area contributed by atoms with Crippen molar-refractivity contribution in [3.8, 4) is 6.07 Å². The SMILES string of the molecule is CC(C)NCc1ccc(N2CCS(=O)(=O)CC2)c(C#N)c1. The van der Waals surface area contributed by atoms with Crippen molar-refractivity contribution in [2.24, 2.45) is 0 Å². The van der Waals surface area contributed by atoms with Crippen molar-refractivity contribution in [1.82, 2.24) is 5.32 Å². The smallest absolute Gasteiger partial charge is 0.153 e. The molecule has 1 N–H and O–H groups in total. The van der Waals surface area contributed by atoms with E-state index in [9.17, 15) is 13.7 Å². The van der Waals surface area contributed by atoms with Gasteiger partial charge in [0.05, 0.1) is 22.8 Å². The molecule has 114 valence electrons. The highest BCUT2D eigenvalue weighted by molar-refractivity contribution is 7.91. The Morgan fingerprint density at radius 2 is 2.00 bits per heavy atom. The first-order valence-corrected chi connectivity index (χ1v) is 8.95. The predicted octanol–water partition coefficient (Wildman–Crippen LogP) is 1.29. The Bertz CT molecular complexity index is 633. The van der Waals surface area contributed by atoms with Crippen molar-refractivity contribution < 1.29 is 8.42 Å². The molecule has 0 aliphatic carbocycles. The summed E-state index contributed by atoms with van der Waals surface area (Å²) in [7, 11) is -2.90. The Morgan fingerprint density at radius 1 is 1.33 bits per heavy atom. The summed E-state index contributed by atoms with van der Waals surface area (Å²) in [6.45, 7) is 5.80. The van der Waals surface area contributed by atoms with Crippen LogP contribution < -0.4 is 10.2 Å². The quantitative estimate of drug-likeness (QED) is 0.907. The number of hydrogen-bond donors (Lipinski definition) is 1. The topological polar surface area (TPSA) is 73.2 Å². The molecule has 0 amide bonds. The van der Waals surface area contributed by atoms with Crippen LogP contribution in [0, 0.1) is 11.3 Å². The van der Waals surface area contributed by atoms with Crippen LogP contribution in [0.3, 0.4) is 0 Å². The maximum absolute atomic E-state index is 11.5. The van der Waals surface area contributed by atoms with Crippen molar-refractivity contribution in [3.05, 3.63) is 29.3 Å². The van der Waals surface area contributed by atoms with Gasteiger partial charge in [-0.15, -0.1) is 0 Å². The fourth-order valence-electron chi connectivity index (χ4n) is 2.33. The van der Waals surface area contributed by atoms with E-state index in [2.05, 4.69) is 25.2 Å². The van der Waals surface area contributed by atoms with Crippen LogP contribution in [0.25, 0.3) is 0 Å². The van der Waals surface area contributed by atoms with Crippen molar-refractivity contribution in [2.75, 3.05) is 29.5 Å². The molecule has 0 radical (unpaired) electrons. The third-order valence-electron chi connectivity index (χ3n) is 3.58. The van der Waals surface area contributed by atoms with E-state index in [1.165, 1.54) is 0 Å². The van der Waals surface area contributed by atoms with Gasteiger partial charge in [-0.2, -0.15) is 5.26 Å². The second-order valence-corrected chi connectivity index (χ2v) is 7.94. The maximum Gasteiger partial charge on any atom is 0.153 e. The molecule has 1 aliphatic rings. The van der Waals surface area contributed by atoms with Crippen LogP contribution in [-0.2, 0) is 16.4 Å². The molecule has 0 bridgehead atoms. The van der Waals surface area contributed by atoms with E-state index in [0.29, 0.717) is 24.7 Å². The Kier molecular flexibility index (Phi) is 4.86. The van der Waals surface area contributed by atoms with E-state index in [0.717, 1.165) is 17.8 Å². The molecule has 1 fully saturated rings. The van der Waals surface area contributed by atoms with Gasteiger partial charge in [0.1, 0.15) is 6.07 Å². The lowest BCUT2D eigenvalue weighted by atomic mass is 10.1. The van der Waals surface area contributed by atoms with Gasteiger partial charge >= 0.3 is 0 Å². The average molecular weight is 307 g/mol. The number of benzene rings is 1. The van der Waals surface area contributed by atoms with Crippen molar-refractivity contribution in [3.63, 3.8) is 0 Å². The minimum absolute atomic E-state index is 0.161. The highest BCUT2D eigenvalue weighted by atomic mass is 32.2. The number of rotatable bonds is 4. The number of sulfone groups is 1. The van der Waals surface area contributed by atoms with Crippen LogP contribution in [0.5, 0.6) is 0 Å². The lowest BCUT2D eigenvalue weighted by molar-refractivity contribution is 0.586. The van der Waals surface area contributed by atoms with Crippen LogP contribution in [0.15, 0.2) is 18.2 Å². The molecule has 0 unspecified atom stereocenters. The first-order chi connectivity index (χ1) is 9.91. The second kappa shape index (κ2) is 6.46. The number of anilines is 1. The molecule has 1 aromatic rings. The molecule has 0 atom stereocenters. The van der Waals surface area contributed by atoms with Crippen LogP contribution >= 0.6 is 0 Å². The lowest BCUT2D eigenvalue weighted by Gasteiger charge is -2.29. The summed E-state index contributed by atoms with van der Waals surface area (Å²) >= 11 is 0. The lowest BCUT2D eigenvalue weighted by Crippen LogP contribution is -2.40. The Labute approximate surface area is 126 Å². The van der Waals surface area contributed by atoms with Crippen LogP contribution in [0.2, 0.25) is 0 Å². The van der Waals surface area contributed by atoms with Crippen molar-refractivity contribution in [2.45, 2.75) is 26.4 Å². The summed E-state index contributed by atoms with van der Waals surface area (Å²) in [5.41, 5.74) is 2.51. The van der Waals surface area contributed by atoms with E-state index in [-0.39, 0.29) is 11.5 Å². The van der Waals surface area contributed by atoms with Crippen LogP contribution in [0.1, 0.15) is 25.0 Å². The summed E-state index contributed by atoms with van der Waals surface area (Å²) in [5, 5.41) is 12.7. The Hall–Kier alpha value is -1.58. The standard InChI is InChI=1S/C15H21N3O2S/c1-12(2)17-11-13-3-4-15(14(9-13)10-16)18-5-7-21(19,20)8-6-18/h3-4,9,12,17H,5-8,11H2,1-2H3. The van der Waals surface area contributed by atoms with Gasteiger partial charge < -0.3 is 10.2 Å². The molecule has 1 aliphatic heterocycles. The fourth-order valence-corrected chi connectivity index (χ4v) is 3.54. The molecular weight excluding hydrogens is 286 g/mol. The van der Waals surface area contributed by atoms with Gasteiger partial charge in [-0.1, -0.05) is 19.9 Å². The minimum Gasteiger partial charge on any atom is -0.368 e. The number of hydrogen-bond acceptors (Lipinski definition) is 5. The second-order valence-electron chi connectivity index (χ2n) is 5.64. The van der Waals surface area contributed by atoms with Gasteiger partial charge in [0.25, 0.3) is 0 Å². The van der Waals surface area contributed by atoms with Gasteiger partial charge in [0.2, 0.25) is 0 Å². The summed E-state index contributed by atoms with van der Waals surface area (Å²) in [5.74, 6) is 0.322. The Morgan fingerprint density at radius 3 is 2.57 bits per heavy atom. The largest absolute Gasteiger partial charge is 0.368 e. The molecule has 1 heterocycles. The van der Waals surface area contributed by atoms with Crippen molar-refractivity contribution in [1.29, 1.82) is 5.26 Å². The summed E-state index contributed by atoms with van der Waals surface area (Å²) in [6.07, 6.45) is 0. The molecule has 0 spiro atoms. The third kappa shape index (κ3) is 4.19. The van der Waals surface area contributed by atoms with Gasteiger partial charge in [-0.05, 0) is 17.7 Å². The number of nitrogens with zero attached hydrogens (tertiary/aromatic N) is 2. The van der Waals surface area contributed by atoms with Crippen molar-refractivity contribution >= 4 is 15.5 Å². The predicted molar refractivity (Wildman–Crippen MR) is 84.0 cm³/mol. The molecule has 0 aromatic heterocycles. The first-order valence-electron chi connectivity index (χ1n) is 7.13. The summed E-state index contributed by atoms with van der Waals surface area (Å²) in [6, 6.07) is 8.42. The number of nitrogens with one attached hydrogen (secondary N) is 1. The van der Waals surface area contributed by atoms with Gasteiger partial charge in [-0.3, -0.25) is 0 Å². The fraction of sp³-hybridized carbons (Fsp3) is 0.533. The van der Waals surface area contributed by atoms with Gasteiger partial charge in [0, 0.05) is 25.7 Å². The highest BCUT2D eigenvalue weighted by Gasteiger charge is 2.23. The molecule has 1 saturated heterocycles. The molecule has 5 nitrogen and oxygen atoms in total. The molecular formula is C15H21N3O2S. The van der Waals surface area contributed by atoms with E-state index >= 15 is 0 Å². The maximum atomic E-state index is 11.5. The van der Waals surface area contributed by atoms with E-state index < -0.39 is 9.84 Å². The van der Waals surface area contributed by atoms with E-state index in [1.807, 2.05) is 23.1 Å². The summed E-state index contributed by atoms with van der Waals surface area (Å²) in [4.78, 5) is 1.99. The Balaban J connectivity index is 2.15. The molecule has 2 rings (SSSR count). The first kappa shape index (κ1) is 15.8. The summed E-state index contributed by atoms with van der Waals surface area (Å²) < 4.78 is 23.0. The monoisotopic (exact) mass is 307 g/mol. The zero-order valence-electron chi connectivity index (χ0n) is 12.5.